The van der Waals surface area contributed by atoms with Crippen molar-refractivity contribution in [3.05, 3.63) is 30.5 Å². The molecule has 2 aromatic rings. The summed E-state index contributed by atoms with van der Waals surface area (Å²) in [7, 11) is 0. The molecule has 0 saturated carbocycles. The van der Waals surface area contributed by atoms with E-state index in [2.05, 4.69) is 17.1 Å². The zero-order chi connectivity index (χ0) is 9.10. The predicted molar refractivity (Wildman–Crippen MR) is 54.6 cm³/mol. The average Bonchev–Trinajstić information content (AvgIpc) is 2.58. The molecule has 0 saturated heterocycles. The molecule has 0 spiro atoms. The topological polar surface area (TPSA) is 39.6 Å². The Morgan fingerprint density at radius 2 is 2.23 bits per heavy atom. The molecule has 64 valence electrons. The highest BCUT2D eigenvalue weighted by atomic mass is 32.2. The summed E-state index contributed by atoms with van der Waals surface area (Å²) in [6, 6.07) is 10.2. The number of rotatable bonds is 2. The standard InChI is InChI=1S/C10H8N2S/c11-5-6-13-10-7-12-9-4-2-1-3-8(9)10/h1-4,7,12H,6H2. The van der Waals surface area contributed by atoms with Crippen LogP contribution in [-0.4, -0.2) is 10.7 Å². The molecule has 0 fully saturated rings. The van der Waals surface area contributed by atoms with Crippen LogP contribution in [0, 0.1) is 11.3 Å². The van der Waals surface area contributed by atoms with Crippen LogP contribution in [0.1, 0.15) is 0 Å². The van der Waals surface area contributed by atoms with Gasteiger partial charge in [-0.3, -0.25) is 0 Å². The lowest BCUT2D eigenvalue weighted by Crippen LogP contribution is -1.70. The van der Waals surface area contributed by atoms with E-state index < -0.39 is 0 Å². The second-order valence-electron chi connectivity index (χ2n) is 2.65. The highest BCUT2D eigenvalue weighted by Crippen LogP contribution is 2.26. The fourth-order valence-electron chi connectivity index (χ4n) is 1.27. The number of hydrogen-bond acceptors (Lipinski definition) is 2. The maximum atomic E-state index is 8.46. The minimum atomic E-state index is 0.502. The van der Waals surface area contributed by atoms with Gasteiger partial charge in [0.1, 0.15) is 0 Å². The van der Waals surface area contributed by atoms with E-state index in [9.17, 15) is 0 Å². The molecule has 0 unspecified atom stereocenters. The molecular formula is C10H8N2S. The van der Waals surface area contributed by atoms with Gasteiger partial charge < -0.3 is 4.98 Å². The molecule has 3 heteroatoms. The third kappa shape index (κ3) is 1.53. The summed E-state index contributed by atoms with van der Waals surface area (Å²) in [5.74, 6) is 0.502. The number of aromatic amines is 1. The number of benzene rings is 1. The first-order valence-electron chi connectivity index (χ1n) is 3.97. The molecule has 2 rings (SSSR count). The Balaban J connectivity index is 2.41. The molecule has 1 aromatic carbocycles. The van der Waals surface area contributed by atoms with Gasteiger partial charge in [0.25, 0.3) is 0 Å². The van der Waals surface area contributed by atoms with E-state index in [0.29, 0.717) is 5.75 Å². The number of hydrogen-bond donors (Lipinski definition) is 1. The smallest absolute Gasteiger partial charge is 0.0856 e. The number of fused-ring (bicyclic) bond motifs is 1. The Labute approximate surface area is 80.6 Å². The van der Waals surface area contributed by atoms with E-state index in [0.717, 1.165) is 10.4 Å². The van der Waals surface area contributed by atoms with Gasteiger partial charge in [-0.1, -0.05) is 18.2 Å². The quantitative estimate of drug-likeness (QED) is 0.736. The summed E-state index contributed by atoms with van der Waals surface area (Å²) >= 11 is 1.56. The first-order chi connectivity index (χ1) is 6.42. The van der Waals surface area contributed by atoms with Crippen molar-refractivity contribution in [2.45, 2.75) is 4.90 Å². The van der Waals surface area contributed by atoms with E-state index >= 15 is 0 Å². The lowest BCUT2D eigenvalue weighted by molar-refractivity contribution is 1.41. The molecular weight excluding hydrogens is 180 g/mol. The van der Waals surface area contributed by atoms with Crippen molar-refractivity contribution >= 4 is 22.7 Å². The van der Waals surface area contributed by atoms with Crippen molar-refractivity contribution in [2.24, 2.45) is 0 Å². The zero-order valence-corrected chi connectivity index (χ0v) is 7.77. The Hall–Kier alpha value is -1.40. The van der Waals surface area contributed by atoms with E-state index in [1.54, 1.807) is 11.8 Å². The number of thioether (sulfide) groups is 1. The normalized spacial score (nSPS) is 10.1. The number of nitrogens with zero attached hydrogens (tertiary/aromatic N) is 1. The molecule has 0 bridgehead atoms. The summed E-state index contributed by atoms with van der Waals surface area (Å²) in [5.41, 5.74) is 1.13. The minimum Gasteiger partial charge on any atom is -0.360 e. The lowest BCUT2D eigenvalue weighted by Gasteiger charge is -1.92. The van der Waals surface area contributed by atoms with Crippen molar-refractivity contribution < 1.29 is 0 Å². The van der Waals surface area contributed by atoms with Gasteiger partial charge in [-0.05, 0) is 6.07 Å². The van der Waals surface area contributed by atoms with Crippen molar-refractivity contribution in [1.82, 2.24) is 4.98 Å². The van der Waals surface area contributed by atoms with Crippen LogP contribution in [-0.2, 0) is 0 Å². The van der Waals surface area contributed by atoms with Crippen molar-refractivity contribution in [2.75, 3.05) is 5.75 Å². The van der Waals surface area contributed by atoms with Gasteiger partial charge >= 0.3 is 0 Å². The zero-order valence-electron chi connectivity index (χ0n) is 6.95. The van der Waals surface area contributed by atoms with Crippen molar-refractivity contribution in [3.8, 4) is 6.07 Å². The molecule has 1 aromatic heterocycles. The predicted octanol–water partition coefficient (Wildman–Crippen LogP) is 2.78. The average molecular weight is 188 g/mol. The van der Waals surface area contributed by atoms with Gasteiger partial charge in [-0.15, -0.1) is 11.8 Å². The summed E-state index contributed by atoms with van der Waals surface area (Å²) in [5, 5.41) is 9.65. The largest absolute Gasteiger partial charge is 0.360 e. The summed E-state index contributed by atoms with van der Waals surface area (Å²) in [6.07, 6.45) is 1.95. The van der Waals surface area contributed by atoms with Crippen LogP contribution in [0.3, 0.4) is 0 Å². The summed E-state index contributed by atoms with van der Waals surface area (Å²) < 4.78 is 0. The molecule has 0 radical (unpaired) electrons. The molecule has 1 heterocycles. The van der Waals surface area contributed by atoms with Gasteiger partial charge in [0, 0.05) is 22.0 Å². The molecule has 13 heavy (non-hydrogen) atoms. The van der Waals surface area contributed by atoms with Crippen LogP contribution in [0.2, 0.25) is 0 Å². The Morgan fingerprint density at radius 3 is 3.08 bits per heavy atom. The van der Waals surface area contributed by atoms with Crippen LogP contribution < -0.4 is 0 Å². The van der Waals surface area contributed by atoms with Crippen molar-refractivity contribution in [3.63, 3.8) is 0 Å². The lowest BCUT2D eigenvalue weighted by atomic mass is 10.2. The maximum absolute atomic E-state index is 8.46. The number of para-hydroxylation sites is 1. The van der Waals surface area contributed by atoms with Crippen LogP contribution in [0.25, 0.3) is 10.9 Å². The molecule has 2 nitrogen and oxygen atoms in total. The van der Waals surface area contributed by atoms with Crippen LogP contribution in [0.15, 0.2) is 35.4 Å². The third-order valence-corrected chi connectivity index (χ3v) is 2.77. The van der Waals surface area contributed by atoms with Gasteiger partial charge in [0.15, 0.2) is 0 Å². The van der Waals surface area contributed by atoms with Crippen LogP contribution in [0.4, 0.5) is 0 Å². The number of aromatic nitrogens is 1. The molecule has 0 aliphatic rings. The van der Waals surface area contributed by atoms with Gasteiger partial charge in [0.05, 0.1) is 11.8 Å². The second-order valence-corrected chi connectivity index (χ2v) is 3.66. The second kappa shape index (κ2) is 3.55. The Kier molecular flexibility index (Phi) is 2.24. The summed E-state index contributed by atoms with van der Waals surface area (Å²) in [6.45, 7) is 0. The highest BCUT2D eigenvalue weighted by molar-refractivity contribution is 7.99. The van der Waals surface area contributed by atoms with Gasteiger partial charge in [-0.2, -0.15) is 5.26 Å². The molecule has 0 aliphatic carbocycles. The Morgan fingerprint density at radius 1 is 1.38 bits per heavy atom. The molecule has 0 amide bonds. The molecule has 1 N–H and O–H groups in total. The van der Waals surface area contributed by atoms with Crippen molar-refractivity contribution in [1.29, 1.82) is 5.26 Å². The number of H-pyrrole nitrogens is 1. The minimum absolute atomic E-state index is 0.502. The van der Waals surface area contributed by atoms with E-state index in [1.807, 2.05) is 24.4 Å². The molecule has 0 aliphatic heterocycles. The van der Waals surface area contributed by atoms with E-state index in [1.165, 1.54) is 5.39 Å². The third-order valence-electron chi connectivity index (χ3n) is 1.84. The highest BCUT2D eigenvalue weighted by Gasteiger charge is 2.01. The van der Waals surface area contributed by atoms with E-state index in [4.69, 9.17) is 5.26 Å². The monoisotopic (exact) mass is 188 g/mol. The summed E-state index contributed by atoms with van der Waals surface area (Å²) in [4.78, 5) is 4.32. The van der Waals surface area contributed by atoms with Crippen LogP contribution >= 0.6 is 11.8 Å². The fraction of sp³-hybridized carbons (Fsp3) is 0.100. The first kappa shape index (κ1) is 8.21. The van der Waals surface area contributed by atoms with Crippen LogP contribution in [0.5, 0.6) is 0 Å². The van der Waals surface area contributed by atoms with Gasteiger partial charge in [-0.25, -0.2) is 0 Å². The fourth-order valence-corrected chi connectivity index (χ4v) is 1.97. The Bertz CT molecular complexity index is 453. The SMILES string of the molecule is N#CCSc1c[nH]c2ccccc12. The number of nitrogens with one attached hydrogen (secondary N) is 1. The molecule has 0 atom stereocenters. The maximum Gasteiger partial charge on any atom is 0.0856 e. The first-order valence-corrected chi connectivity index (χ1v) is 4.96. The number of nitriles is 1. The van der Waals surface area contributed by atoms with E-state index in [-0.39, 0.29) is 0 Å². The van der Waals surface area contributed by atoms with Gasteiger partial charge in [0.2, 0.25) is 0 Å².